The smallest absolute Gasteiger partial charge is 0.0314 e. The molecule has 0 aliphatic rings. The molecule has 0 aromatic heterocycles. The maximum atomic E-state index is 5.93. The predicted octanol–water partition coefficient (Wildman–Crippen LogP) is 13.0. The van der Waals surface area contributed by atoms with Crippen molar-refractivity contribution < 1.29 is 0 Å². The summed E-state index contributed by atoms with van der Waals surface area (Å²) in [7, 11) is 0. The second-order valence-electron chi connectivity index (χ2n) is 14.2. The summed E-state index contributed by atoms with van der Waals surface area (Å²) < 4.78 is 0. The van der Waals surface area contributed by atoms with E-state index in [1.807, 2.05) is 48.5 Å². The highest BCUT2D eigenvalue weighted by molar-refractivity contribution is 6.22. The molecule has 0 fully saturated rings. The third kappa shape index (κ3) is 6.19. The van der Waals surface area contributed by atoms with Crippen molar-refractivity contribution in [2.24, 2.45) is 0 Å². The minimum atomic E-state index is 0.774. The van der Waals surface area contributed by atoms with Crippen molar-refractivity contribution in [1.29, 1.82) is 0 Å². The summed E-state index contributed by atoms with van der Waals surface area (Å²) in [6.07, 6.45) is 0. The minimum absolute atomic E-state index is 0.774. The molecule has 8 N–H and O–H groups in total. The Balaban J connectivity index is 0.000000146. The summed E-state index contributed by atoms with van der Waals surface area (Å²) in [6.45, 7) is 0. The van der Waals surface area contributed by atoms with Gasteiger partial charge in [0.25, 0.3) is 0 Å². The molecule has 0 amide bonds. The van der Waals surface area contributed by atoms with Crippen LogP contribution < -0.4 is 22.9 Å². The van der Waals surface area contributed by atoms with Gasteiger partial charge in [-0.15, -0.1) is 0 Å². The zero-order valence-electron chi connectivity index (χ0n) is 30.8. The monoisotopic (exact) mass is 720 g/mol. The maximum absolute atomic E-state index is 5.93. The molecular formula is C52H40N4. The van der Waals surface area contributed by atoms with Gasteiger partial charge in [0.1, 0.15) is 0 Å². The first-order chi connectivity index (χ1) is 27.4. The van der Waals surface area contributed by atoms with E-state index < -0.39 is 0 Å². The number of hydrogen-bond acceptors (Lipinski definition) is 4. The molecule has 10 aromatic rings. The Labute approximate surface area is 326 Å². The van der Waals surface area contributed by atoms with Gasteiger partial charge in [0.15, 0.2) is 0 Å². The number of fused-ring (bicyclic) bond motifs is 4. The van der Waals surface area contributed by atoms with Crippen LogP contribution in [0.15, 0.2) is 194 Å². The fourth-order valence-corrected chi connectivity index (χ4v) is 8.10. The Morgan fingerprint density at radius 2 is 0.321 bits per heavy atom. The summed E-state index contributed by atoms with van der Waals surface area (Å²) in [5.74, 6) is 0. The average Bonchev–Trinajstić information content (AvgIpc) is 3.24. The number of benzene rings is 10. The Morgan fingerprint density at radius 1 is 0.179 bits per heavy atom. The predicted molar refractivity (Wildman–Crippen MR) is 242 cm³/mol. The third-order valence-corrected chi connectivity index (χ3v) is 10.7. The molecule has 10 rings (SSSR count). The molecule has 268 valence electrons. The molecule has 0 heterocycles. The summed E-state index contributed by atoms with van der Waals surface area (Å²) in [5.41, 5.74) is 36.5. The highest BCUT2D eigenvalue weighted by atomic mass is 14.5. The number of nitrogens with two attached hydrogens (primary N) is 4. The van der Waals surface area contributed by atoms with E-state index in [4.69, 9.17) is 22.9 Å². The molecule has 0 saturated heterocycles. The Kier molecular flexibility index (Phi) is 8.77. The van der Waals surface area contributed by atoms with Crippen LogP contribution in [0.1, 0.15) is 0 Å². The molecule has 0 aliphatic heterocycles. The van der Waals surface area contributed by atoms with Crippen LogP contribution in [-0.4, -0.2) is 0 Å². The number of hydrogen-bond donors (Lipinski definition) is 4. The van der Waals surface area contributed by atoms with E-state index in [2.05, 4.69) is 146 Å². The molecular weight excluding hydrogens is 681 g/mol. The molecule has 0 spiro atoms. The van der Waals surface area contributed by atoms with E-state index in [1.54, 1.807) is 0 Å². The highest BCUT2D eigenvalue weighted by Gasteiger charge is 2.18. The lowest BCUT2D eigenvalue weighted by Crippen LogP contribution is -1.91. The van der Waals surface area contributed by atoms with Crippen LogP contribution in [0.3, 0.4) is 0 Å². The zero-order valence-corrected chi connectivity index (χ0v) is 30.8. The van der Waals surface area contributed by atoms with Gasteiger partial charge in [-0.1, -0.05) is 146 Å². The minimum Gasteiger partial charge on any atom is -0.399 e. The van der Waals surface area contributed by atoms with Gasteiger partial charge < -0.3 is 22.9 Å². The molecule has 0 atom stereocenters. The van der Waals surface area contributed by atoms with Gasteiger partial charge in [-0.2, -0.15) is 0 Å². The molecule has 10 aromatic carbocycles. The van der Waals surface area contributed by atoms with Crippen LogP contribution in [0.2, 0.25) is 0 Å². The van der Waals surface area contributed by atoms with Crippen molar-refractivity contribution in [1.82, 2.24) is 0 Å². The molecule has 0 aliphatic carbocycles. The second kappa shape index (κ2) is 14.3. The van der Waals surface area contributed by atoms with E-state index in [1.165, 1.54) is 87.6 Å². The van der Waals surface area contributed by atoms with Gasteiger partial charge in [-0.05, 0) is 136 Å². The summed E-state index contributed by atoms with van der Waals surface area (Å²) in [5, 5.41) is 9.87. The molecule has 56 heavy (non-hydrogen) atoms. The largest absolute Gasteiger partial charge is 0.399 e. The molecule has 0 bridgehead atoms. The summed E-state index contributed by atoms with van der Waals surface area (Å²) in [6, 6.07) is 67.0. The summed E-state index contributed by atoms with van der Waals surface area (Å²) in [4.78, 5) is 0. The molecule has 0 unspecified atom stereocenters. The van der Waals surface area contributed by atoms with Crippen molar-refractivity contribution in [2.45, 2.75) is 0 Å². The standard InChI is InChI=1S/2C26H20N2/c2*27-19-13-9-17(10-14-19)25-21-5-1-2-6-22(21)26(18-11-15-20(28)16-12-18)24-8-4-3-7-23(24)25/h2*1-16H,27-28H2. The van der Waals surface area contributed by atoms with Gasteiger partial charge in [-0.3, -0.25) is 0 Å². The van der Waals surface area contributed by atoms with Crippen LogP contribution in [0.4, 0.5) is 22.7 Å². The first-order valence-electron chi connectivity index (χ1n) is 18.7. The molecule has 0 saturated carbocycles. The number of nitrogen functional groups attached to an aromatic ring is 4. The van der Waals surface area contributed by atoms with Crippen molar-refractivity contribution in [3.63, 3.8) is 0 Å². The fourth-order valence-electron chi connectivity index (χ4n) is 8.10. The SMILES string of the molecule is Nc1ccc(-c2c3ccccc3c(-c3ccc(N)cc3)c3ccccc23)cc1.Nc1ccc(-c2c3ccccc3c(-c3ccc(N)cc3)c3ccccc23)cc1. The normalized spacial score (nSPS) is 11.1. The lowest BCUT2D eigenvalue weighted by Gasteiger charge is -2.17. The fraction of sp³-hybridized carbons (Fsp3) is 0. The van der Waals surface area contributed by atoms with Gasteiger partial charge in [0.05, 0.1) is 0 Å². The Hall–Kier alpha value is -7.56. The van der Waals surface area contributed by atoms with Gasteiger partial charge in [0, 0.05) is 22.7 Å². The van der Waals surface area contributed by atoms with Crippen LogP contribution >= 0.6 is 0 Å². The quantitative estimate of drug-likeness (QED) is 0.107. The van der Waals surface area contributed by atoms with Crippen molar-refractivity contribution in [3.8, 4) is 44.5 Å². The summed E-state index contributed by atoms with van der Waals surface area (Å²) >= 11 is 0. The second-order valence-corrected chi connectivity index (χ2v) is 14.2. The Bertz CT molecular complexity index is 2490. The first-order valence-corrected chi connectivity index (χ1v) is 18.7. The molecule has 0 radical (unpaired) electrons. The van der Waals surface area contributed by atoms with Crippen LogP contribution in [0.25, 0.3) is 87.6 Å². The lowest BCUT2D eigenvalue weighted by atomic mass is 9.86. The third-order valence-electron chi connectivity index (χ3n) is 10.7. The molecule has 4 heteroatoms. The number of anilines is 4. The maximum Gasteiger partial charge on any atom is 0.0314 e. The van der Waals surface area contributed by atoms with Gasteiger partial charge >= 0.3 is 0 Å². The Morgan fingerprint density at radius 3 is 0.464 bits per heavy atom. The van der Waals surface area contributed by atoms with Crippen molar-refractivity contribution in [2.75, 3.05) is 22.9 Å². The van der Waals surface area contributed by atoms with E-state index >= 15 is 0 Å². The van der Waals surface area contributed by atoms with E-state index in [0.29, 0.717) is 0 Å². The highest BCUT2D eigenvalue weighted by Crippen LogP contribution is 2.45. The first kappa shape index (κ1) is 34.2. The van der Waals surface area contributed by atoms with Crippen LogP contribution in [0, 0.1) is 0 Å². The average molecular weight is 721 g/mol. The number of rotatable bonds is 4. The zero-order chi connectivity index (χ0) is 38.2. The van der Waals surface area contributed by atoms with Crippen molar-refractivity contribution >= 4 is 65.8 Å². The lowest BCUT2D eigenvalue weighted by molar-refractivity contribution is 1.64. The topological polar surface area (TPSA) is 104 Å². The van der Waals surface area contributed by atoms with E-state index in [-0.39, 0.29) is 0 Å². The van der Waals surface area contributed by atoms with E-state index in [9.17, 15) is 0 Å². The van der Waals surface area contributed by atoms with Gasteiger partial charge in [-0.25, -0.2) is 0 Å². The van der Waals surface area contributed by atoms with E-state index in [0.717, 1.165) is 22.7 Å². The van der Waals surface area contributed by atoms with Crippen LogP contribution in [-0.2, 0) is 0 Å². The van der Waals surface area contributed by atoms with Gasteiger partial charge in [0.2, 0.25) is 0 Å². The van der Waals surface area contributed by atoms with Crippen molar-refractivity contribution in [3.05, 3.63) is 194 Å². The van der Waals surface area contributed by atoms with Crippen LogP contribution in [0.5, 0.6) is 0 Å². The molecule has 4 nitrogen and oxygen atoms in total.